The first kappa shape index (κ1) is 12.0. The zero-order valence-corrected chi connectivity index (χ0v) is 9.54. The van der Waals surface area contributed by atoms with Gasteiger partial charge in [-0.1, -0.05) is 30.3 Å². The number of hydrogen-bond acceptors (Lipinski definition) is 4. The van der Waals surface area contributed by atoms with Gasteiger partial charge >= 0.3 is 0 Å². The molecule has 2 unspecified atom stereocenters. The Labute approximate surface area is 100 Å². The number of rotatable bonds is 3. The van der Waals surface area contributed by atoms with Crippen LogP contribution in [-0.4, -0.2) is 35.1 Å². The summed E-state index contributed by atoms with van der Waals surface area (Å²) in [5.41, 5.74) is 8.59. The number of carbonyl (C=O) groups excluding carboxylic acids is 1. The molecule has 5 nitrogen and oxygen atoms in total. The van der Waals surface area contributed by atoms with Crippen molar-refractivity contribution in [1.82, 2.24) is 10.4 Å². The molecule has 0 spiro atoms. The molecule has 5 heteroatoms. The van der Waals surface area contributed by atoms with Crippen molar-refractivity contribution in [3.8, 4) is 0 Å². The van der Waals surface area contributed by atoms with Crippen molar-refractivity contribution < 1.29 is 10.0 Å². The summed E-state index contributed by atoms with van der Waals surface area (Å²) < 4.78 is 0. The van der Waals surface area contributed by atoms with Gasteiger partial charge in [-0.05, 0) is 12.0 Å². The number of nitrogens with zero attached hydrogens (tertiary/aromatic N) is 1. The summed E-state index contributed by atoms with van der Waals surface area (Å²) in [6.45, 7) is 1.22. The first-order valence-corrected chi connectivity index (χ1v) is 5.71. The monoisotopic (exact) mass is 235 g/mol. The van der Waals surface area contributed by atoms with E-state index in [1.54, 1.807) is 4.90 Å². The molecular formula is C12H17N3O2. The summed E-state index contributed by atoms with van der Waals surface area (Å²) >= 11 is 0. The topological polar surface area (TPSA) is 78.6 Å². The van der Waals surface area contributed by atoms with Gasteiger partial charge in [-0.15, -0.1) is 0 Å². The van der Waals surface area contributed by atoms with Gasteiger partial charge in [0.15, 0.2) is 0 Å². The normalized spacial score (nSPS) is 21.5. The Bertz CT molecular complexity index is 383. The highest BCUT2D eigenvalue weighted by molar-refractivity contribution is 5.83. The molecule has 0 bridgehead atoms. The average Bonchev–Trinajstić information content (AvgIpc) is 2.78. The zero-order chi connectivity index (χ0) is 12.3. The van der Waals surface area contributed by atoms with Crippen molar-refractivity contribution >= 4 is 5.91 Å². The third-order valence-corrected chi connectivity index (χ3v) is 3.05. The lowest BCUT2D eigenvalue weighted by Crippen LogP contribution is -2.39. The van der Waals surface area contributed by atoms with Gasteiger partial charge in [-0.2, -0.15) is 5.48 Å². The molecule has 0 radical (unpaired) electrons. The maximum atomic E-state index is 12.2. The lowest BCUT2D eigenvalue weighted by atomic mass is 10.1. The molecule has 2 rings (SSSR count). The van der Waals surface area contributed by atoms with Crippen LogP contribution in [0.2, 0.25) is 0 Å². The molecule has 0 aliphatic carbocycles. The van der Waals surface area contributed by atoms with E-state index < -0.39 is 6.04 Å². The fraction of sp³-hybridized carbons (Fsp3) is 0.417. The summed E-state index contributed by atoms with van der Waals surface area (Å²) in [7, 11) is 0. The van der Waals surface area contributed by atoms with E-state index in [0.29, 0.717) is 13.1 Å². The van der Waals surface area contributed by atoms with Crippen LogP contribution in [0.4, 0.5) is 0 Å². The number of nitrogens with two attached hydrogens (primary N) is 1. The zero-order valence-electron chi connectivity index (χ0n) is 9.54. The van der Waals surface area contributed by atoms with Crippen molar-refractivity contribution in [2.24, 2.45) is 5.73 Å². The fourth-order valence-electron chi connectivity index (χ4n) is 2.09. The van der Waals surface area contributed by atoms with Crippen LogP contribution in [-0.2, 0) is 4.79 Å². The largest absolute Gasteiger partial charge is 0.339 e. The van der Waals surface area contributed by atoms with Crippen LogP contribution >= 0.6 is 0 Å². The highest BCUT2D eigenvalue weighted by Gasteiger charge is 2.29. The number of nitrogens with one attached hydrogen (secondary N) is 1. The molecule has 4 N–H and O–H groups in total. The molecule has 1 aromatic rings. The minimum atomic E-state index is -0.707. The third-order valence-electron chi connectivity index (χ3n) is 3.05. The summed E-state index contributed by atoms with van der Waals surface area (Å²) in [6, 6.07) is 8.50. The van der Waals surface area contributed by atoms with Crippen LogP contribution < -0.4 is 11.2 Å². The molecule has 17 heavy (non-hydrogen) atoms. The maximum Gasteiger partial charge on any atom is 0.246 e. The van der Waals surface area contributed by atoms with E-state index in [1.165, 1.54) is 0 Å². The minimum Gasteiger partial charge on any atom is -0.339 e. The second kappa shape index (κ2) is 5.27. The fourth-order valence-corrected chi connectivity index (χ4v) is 2.09. The highest BCUT2D eigenvalue weighted by Crippen LogP contribution is 2.18. The van der Waals surface area contributed by atoms with Crippen molar-refractivity contribution in [3.63, 3.8) is 0 Å². The summed E-state index contributed by atoms with van der Waals surface area (Å²) in [4.78, 5) is 13.9. The van der Waals surface area contributed by atoms with Crippen LogP contribution in [0.1, 0.15) is 18.0 Å². The molecule has 1 saturated heterocycles. The van der Waals surface area contributed by atoms with Crippen LogP contribution in [0.3, 0.4) is 0 Å². The lowest BCUT2D eigenvalue weighted by Gasteiger charge is -2.22. The van der Waals surface area contributed by atoms with Crippen molar-refractivity contribution in [2.45, 2.75) is 18.5 Å². The smallest absolute Gasteiger partial charge is 0.246 e. The molecule has 0 saturated carbocycles. The van der Waals surface area contributed by atoms with Gasteiger partial charge in [0, 0.05) is 19.1 Å². The number of hydroxylamine groups is 1. The maximum absolute atomic E-state index is 12.2. The van der Waals surface area contributed by atoms with Crippen LogP contribution in [0, 0.1) is 0 Å². The molecule has 1 fully saturated rings. The second-order valence-corrected chi connectivity index (χ2v) is 4.31. The van der Waals surface area contributed by atoms with E-state index in [0.717, 1.165) is 12.0 Å². The quantitative estimate of drug-likeness (QED) is 0.657. The average molecular weight is 235 g/mol. The Morgan fingerprint density at radius 2 is 2.18 bits per heavy atom. The van der Waals surface area contributed by atoms with E-state index in [9.17, 15) is 4.79 Å². The van der Waals surface area contributed by atoms with Crippen LogP contribution in [0.15, 0.2) is 30.3 Å². The van der Waals surface area contributed by atoms with Crippen molar-refractivity contribution in [2.75, 3.05) is 13.1 Å². The Kier molecular flexibility index (Phi) is 3.73. The number of hydrogen-bond donors (Lipinski definition) is 3. The Balaban J connectivity index is 2.11. The van der Waals surface area contributed by atoms with Gasteiger partial charge in [0.25, 0.3) is 0 Å². The molecule has 1 aromatic carbocycles. The summed E-state index contributed by atoms with van der Waals surface area (Å²) in [5.74, 6) is -0.133. The molecule has 1 heterocycles. The summed E-state index contributed by atoms with van der Waals surface area (Å²) in [5, 5.41) is 9.15. The molecule has 1 aliphatic rings. The van der Waals surface area contributed by atoms with Gasteiger partial charge < -0.3 is 15.8 Å². The van der Waals surface area contributed by atoms with E-state index in [4.69, 9.17) is 10.9 Å². The third kappa shape index (κ3) is 2.63. The summed E-state index contributed by atoms with van der Waals surface area (Å²) in [6.07, 6.45) is 0.818. The lowest BCUT2D eigenvalue weighted by molar-refractivity contribution is -0.135. The predicted octanol–water partition coefficient (Wildman–Crippen LogP) is 0.266. The first-order chi connectivity index (χ1) is 8.22. The molecule has 1 aliphatic heterocycles. The SMILES string of the molecule is NC1CCN(C(=O)C(NO)c2ccccc2)C1. The van der Waals surface area contributed by atoms with Crippen LogP contribution in [0.25, 0.3) is 0 Å². The Morgan fingerprint density at radius 1 is 1.47 bits per heavy atom. The van der Waals surface area contributed by atoms with Crippen molar-refractivity contribution in [1.29, 1.82) is 0 Å². The number of amides is 1. The standard InChI is InChI=1S/C12H17N3O2/c13-10-6-7-15(8-10)12(16)11(14-17)9-4-2-1-3-5-9/h1-5,10-11,14,17H,6-8,13H2. The van der Waals surface area contributed by atoms with Gasteiger partial charge in [0.1, 0.15) is 6.04 Å². The molecule has 92 valence electrons. The van der Waals surface area contributed by atoms with E-state index in [2.05, 4.69) is 5.48 Å². The first-order valence-electron chi connectivity index (χ1n) is 5.71. The van der Waals surface area contributed by atoms with Gasteiger partial charge in [-0.25, -0.2) is 0 Å². The second-order valence-electron chi connectivity index (χ2n) is 4.31. The van der Waals surface area contributed by atoms with Crippen LogP contribution in [0.5, 0.6) is 0 Å². The molecular weight excluding hydrogens is 218 g/mol. The molecule has 1 amide bonds. The van der Waals surface area contributed by atoms with Crippen molar-refractivity contribution in [3.05, 3.63) is 35.9 Å². The predicted molar refractivity (Wildman–Crippen MR) is 63.3 cm³/mol. The Hall–Kier alpha value is -1.43. The van der Waals surface area contributed by atoms with Gasteiger partial charge in [0.2, 0.25) is 5.91 Å². The minimum absolute atomic E-state index is 0.0501. The van der Waals surface area contributed by atoms with E-state index >= 15 is 0 Å². The number of benzene rings is 1. The highest BCUT2D eigenvalue weighted by atomic mass is 16.5. The molecule has 0 aromatic heterocycles. The Morgan fingerprint density at radius 3 is 2.71 bits per heavy atom. The molecule has 2 atom stereocenters. The van der Waals surface area contributed by atoms with Gasteiger partial charge in [0.05, 0.1) is 0 Å². The van der Waals surface area contributed by atoms with E-state index in [-0.39, 0.29) is 11.9 Å². The van der Waals surface area contributed by atoms with Gasteiger partial charge in [-0.3, -0.25) is 4.79 Å². The van der Waals surface area contributed by atoms with E-state index in [1.807, 2.05) is 30.3 Å². The number of carbonyl (C=O) groups is 1. The number of likely N-dealkylation sites (tertiary alicyclic amines) is 1.